The van der Waals surface area contributed by atoms with E-state index >= 15 is 0 Å². The van der Waals surface area contributed by atoms with Crippen molar-refractivity contribution >= 4 is 11.8 Å². The van der Waals surface area contributed by atoms with E-state index in [1.807, 2.05) is 13.8 Å². The molecule has 0 aromatic heterocycles. The van der Waals surface area contributed by atoms with Crippen LogP contribution in [0.3, 0.4) is 0 Å². The highest BCUT2D eigenvalue weighted by Gasteiger charge is 2.45. The number of amides is 2. The standard InChI is InChI=1S/C13H24N2O3/c1-6-14(7-2)11-8-12(17)15(10(5)16)13(11)18-9(3)4/h9,11,13H,6-8H2,1-5H3/t11-,13+/m0/s1. The van der Waals surface area contributed by atoms with Gasteiger partial charge in [0.1, 0.15) is 0 Å². The van der Waals surface area contributed by atoms with Gasteiger partial charge in [0.15, 0.2) is 6.23 Å². The second-order valence-corrected chi connectivity index (χ2v) is 4.85. The smallest absolute Gasteiger partial charge is 0.233 e. The third-order valence-electron chi connectivity index (χ3n) is 3.27. The van der Waals surface area contributed by atoms with Gasteiger partial charge in [-0.3, -0.25) is 19.4 Å². The maximum Gasteiger partial charge on any atom is 0.233 e. The number of hydrogen-bond acceptors (Lipinski definition) is 4. The maximum atomic E-state index is 12.0. The van der Waals surface area contributed by atoms with Gasteiger partial charge in [-0.1, -0.05) is 13.8 Å². The zero-order chi connectivity index (χ0) is 13.9. The van der Waals surface area contributed by atoms with E-state index in [0.717, 1.165) is 13.1 Å². The highest BCUT2D eigenvalue weighted by Crippen LogP contribution is 2.26. The number of imide groups is 1. The molecule has 5 heteroatoms. The second-order valence-electron chi connectivity index (χ2n) is 4.85. The molecule has 2 atom stereocenters. The van der Waals surface area contributed by atoms with Crippen LogP contribution < -0.4 is 0 Å². The summed E-state index contributed by atoms with van der Waals surface area (Å²) in [4.78, 5) is 27.0. The third kappa shape index (κ3) is 3.09. The van der Waals surface area contributed by atoms with E-state index in [9.17, 15) is 9.59 Å². The van der Waals surface area contributed by atoms with Crippen LogP contribution in [0.1, 0.15) is 41.0 Å². The van der Waals surface area contributed by atoms with Crippen molar-refractivity contribution in [2.45, 2.75) is 59.4 Å². The van der Waals surface area contributed by atoms with E-state index in [1.54, 1.807) is 0 Å². The molecule has 0 saturated carbocycles. The molecular weight excluding hydrogens is 232 g/mol. The molecule has 0 aromatic rings. The average Bonchev–Trinajstić information content (AvgIpc) is 2.56. The first-order valence-corrected chi connectivity index (χ1v) is 6.64. The average molecular weight is 256 g/mol. The quantitative estimate of drug-likeness (QED) is 0.742. The molecule has 0 spiro atoms. The Morgan fingerprint density at radius 2 is 2.00 bits per heavy atom. The molecule has 0 N–H and O–H groups in total. The fraction of sp³-hybridized carbons (Fsp3) is 0.846. The summed E-state index contributed by atoms with van der Waals surface area (Å²) in [6, 6.07) is -0.0289. The molecule has 1 fully saturated rings. The van der Waals surface area contributed by atoms with Crippen molar-refractivity contribution in [1.29, 1.82) is 0 Å². The van der Waals surface area contributed by atoms with Crippen molar-refractivity contribution in [3.05, 3.63) is 0 Å². The number of hydrogen-bond donors (Lipinski definition) is 0. The lowest BCUT2D eigenvalue weighted by atomic mass is 10.2. The Balaban J connectivity index is 2.95. The minimum absolute atomic E-state index is 0.0131. The van der Waals surface area contributed by atoms with Gasteiger partial charge in [-0.25, -0.2) is 0 Å². The summed E-state index contributed by atoms with van der Waals surface area (Å²) in [5.41, 5.74) is 0. The minimum atomic E-state index is -0.449. The van der Waals surface area contributed by atoms with Crippen LogP contribution in [0.5, 0.6) is 0 Å². The van der Waals surface area contributed by atoms with Gasteiger partial charge >= 0.3 is 0 Å². The molecule has 0 bridgehead atoms. The van der Waals surface area contributed by atoms with Gasteiger partial charge in [0, 0.05) is 13.3 Å². The zero-order valence-corrected chi connectivity index (χ0v) is 12.0. The Morgan fingerprint density at radius 1 is 1.44 bits per heavy atom. The van der Waals surface area contributed by atoms with Gasteiger partial charge in [0.05, 0.1) is 12.1 Å². The first-order chi connectivity index (χ1) is 8.42. The lowest BCUT2D eigenvalue weighted by Crippen LogP contribution is -2.49. The Bertz CT molecular complexity index is 313. The highest BCUT2D eigenvalue weighted by atomic mass is 16.5. The molecule has 0 aliphatic carbocycles. The molecular formula is C13H24N2O3. The molecule has 5 nitrogen and oxygen atoms in total. The van der Waals surface area contributed by atoms with Gasteiger partial charge in [0.2, 0.25) is 11.8 Å². The number of carbonyl (C=O) groups excluding carboxylic acids is 2. The largest absolute Gasteiger partial charge is 0.353 e. The summed E-state index contributed by atoms with van der Waals surface area (Å²) in [6.45, 7) is 11.0. The number of carbonyl (C=O) groups is 2. The van der Waals surface area contributed by atoms with Gasteiger partial charge in [-0.2, -0.15) is 0 Å². The molecule has 0 aromatic carbocycles. The molecule has 2 amide bonds. The lowest BCUT2D eigenvalue weighted by molar-refractivity contribution is -0.157. The SMILES string of the molecule is CCN(CC)[C@H]1CC(=O)N(C(C)=O)[C@@H]1OC(C)C. The van der Waals surface area contributed by atoms with Crippen LogP contribution in [0.2, 0.25) is 0 Å². The van der Waals surface area contributed by atoms with Crippen LogP contribution in [0.25, 0.3) is 0 Å². The molecule has 18 heavy (non-hydrogen) atoms. The van der Waals surface area contributed by atoms with E-state index in [1.165, 1.54) is 11.8 Å². The summed E-state index contributed by atoms with van der Waals surface area (Å²) in [6.07, 6.45) is -0.103. The monoisotopic (exact) mass is 256 g/mol. The first kappa shape index (κ1) is 15.1. The molecule has 0 radical (unpaired) electrons. The predicted octanol–water partition coefficient (Wildman–Crippen LogP) is 1.23. The van der Waals surface area contributed by atoms with E-state index in [-0.39, 0.29) is 24.0 Å². The van der Waals surface area contributed by atoms with Crippen LogP contribution in [0.4, 0.5) is 0 Å². The summed E-state index contributed by atoms with van der Waals surface area (Å²) < 4.78 is 5.80. The van der Waals surface area contributed by atoms with Crippen LogP contribution in [-0.4, -0.2) is 53.1 Å². The van der Waals surface area contributed by atoms with Gasteiger partial charge in [-0.15, -0.1) is 0 Å². The van der Waals surface area contributed by atoms with Crippen LogP contribution in [0, 0.1) is 0 Å². The number of likely N-dealkylation sites (tertiary alicyclic amines) is 1. The first-order valence-electron chi connectivity index (χ1n) is 6.64. The zero-order valence-electron chi connectivity index (χ0n) is 12.0. The topological polar surface area (TPSA) is 49.9 Å². The van der Waals surface area contributed by atoms with E-state index in [2.05, 4.69) is 18.7 Å². The Kier molecular flexibility index (Phi) is 5.28. The fourth-order valence-electron chi connectivity index (χ4n) is 2.48. The van der Waals surface area contributed by atoms with Gasteiger partial charge in [0.25, 0.3) is 0 Å². The van der Waals surface area contributed by atoms with Crippen molar-refractivity contribution in [1.82, 2.24) is 9.80 Å². The Hall–Kier alpha value is -0.940. The maximum absolute atomic E-state index is 12.0. The van der Waals surface area contributed by atoms with Crippen LogP contribution in [0.15, 0.2) is 0 Å². The van der Waals surface area contributed by atoms with Crippen LogP contribution >= 0.6 is 0 Å². The van der Waals surface area contributed by atoms with Gasteiger partial charge < -0.3 is 4.74 Å². The molecule has 1 aliphatic heterocycles. The molecule has 1 aliphatic rings. The van der Waals surface area contributed by atoms with E-state index < -0.39 is 6.23 Å². The second kappa shape index (κ2) is 6.29. The molecule has 1 heterocycles. The molecule has 1 saturated heterocycles. The predicted molar refractivity (Wildman–Crippen MR) is 68.9 cm³/mol. The van der Waals surface area contributed by atoms with Crippen molar-refractivity contribution in [2.75, 3.05) is 13.1 Å². The van der Waals surface area contributed by atoms with Crippen molar-refractivity contribution in [3.63, 3.8) is 0 Å². The van der Waals surface area contributed by atoms with Gasteiger partial charge in [-0.05, 0) is 26.9 Å². The normalized spacial score (nSPS) is 24.4. The van der Waals surface area contributed by atoms with Crippen molar-refractivity contribution in [2.24, 2.45) is 0 Å². The lowest BCUT2D eigenvalue weighted by Gasteiger charge is -2.33. The summed E-state index contributed by atoms with van der Waals surface area (Å²) in [5, 5.41) is 0. The number of nitrogens with zero attached hydrogens (tertiary/aromatic N) is 2. The van der Waals surface area contributed by atoms with E-state index in [4.69, 9.17) is 4.74 Å². The van der Waals surface area contributed by atoms with E-state index in [0.29, 0.717) is 6.42 Å². The minimum Gasteiger partial charge on any atom is -0.353 e. The number of rotatable bonds is 5. The van der Waals surface area contributed by atoms with Crippen LogP contribution in [-0.2, 0) is 14.3 Å². The van der Waals surface area contributed by atoms with Crippen molar-refractivity contribution in [3.8, 4) is 0 Å². The Morgan fingerprint density at radius 3 is 2.39 bits per heavy atom. The fourth-order valence-corrected chi connectivity index (χ4v) is 2.48. The summed E-state index contributed by atoms with van der Waals surface area (Å²) in [7, 11) is 0. The van der Waals surface area contributed by atoms with Crippen molar-refractivity contribution < 1.29 is 14.3 Å². The number of likely N-dealkylation sites (N-methyl/N-ethyl adjacent to an activating group) is 1. The number of ether oxygens (including phenoxy) is 1. The Labute approximate surface area is 109 Å². The molecule has 1 rings (SSSR count). The molecule has 104 valence electrons. The summed E-state index contributed by atoms with van der Waals surface area (Å²) in [5.74, 6) is -0.370. The third-order valence-corrected chi connectivity index (χ3v) is 3.27. The summed E-state index contributed by atoms with van der Waals surface area (Å²) >= 11 is 0. The molecule has 0 unspecified atom stereocenters. The highest BCUT2D eigenvalue weighted by molar-refractivity contribution is 5.96.